The fraction of sp³-hybridized carbons (Fsp3) is 0.750. The van der Waals surface area contributed by atoms with Crippen molar-refractivity contribution in [3.63, 3.8) is 0 Å². The second-order valence-electron chi connectivity index (χ2n) is 5.22. The Labute approximate surface area is 108 Å². The zero-order chi connectivity index (χ0) is 12.3. The Morgan fingerprint density at radius 2 is 2.12 bits per heavy atom. The van der Waals surface area contributed by atoms with Gasteiger partial charge in [-0.1, -0.05) is 27.7 Å². The second kappa shape index (κ2) is 5.41. The molecule has 0 amide bonds. The van der Waals surface area contributed by atoms with E-state index in [9.17, 15) is 0 Å². The molecule has 1 heterocycles. The third-order valence-electron chi connectivity index (χ3n) is 2.80. The number of hydrogen-bond donors (Lipinski definition) is 1. The third kappa shape index (κ3) is 3.39. The van der Waals surface area contributed by atoms with Gasteiger partial charge in [0.25, 0.3) is 0 Å². The summed E-state index contributed by atoms with van der Waals surface area (Å²) in [5.41, 5.74) is 1.45. The fourth-order valence-electron chi connectivity index (χ4n) is 1.67. The Morgan fingerprint density at radius 1 is 1.50 bits per heavy atom. The van der Waals surface area contributed by atoms with Crippen molar-refractivity contribution in [1.29, 1.82) is 0 Å². The minimum absolute atomic E-state index is 0.149. The molecule has 0 radical (unpaired) electrons. The number of nitrogens with one attached hydrogen (secondary N) is 1. The van der Waals surface area contributed by atoms with Gasteiger partial charge in [-0.05, 0) is 24.9 Å². The molecule has 1 aromatic heterocycles. The summed E-state index contributed by atoms with van der Waals surface area (Å²) in [6.07, 6.45) is 5.37. The van der Waals surface area contributed by atoms with E-state index >= 15 is 0 Å². The van der Waals surface area contributed by atoms with Crippen molar-refractivity contribution in [1.82, 2.24) is 9.55 Å². The van der Waals surface area contributed by atoms with Gasteiger partial charge in [-0.3, -0.25) is 0 Å². The largest absolute Gasteiger partial charge is 0.337 e. The molecule has 92 valence electrons. The first-order valence-corrected chi connectivity index (χ1v) is 7.37. The monoisotopic (exact) mass is 258 g/mol. The fourth-order valence-corrected chi connectivity index (χ4v) is 2.26. The van der Waals surface area contributed by atoms with Gasteiger partial charge in [0.05, 0.1) is 0 Å². The van der Waals surface area contributed by atoms with Gasteiger partial charge in [-0.2, -0.15) is 11.8 Å². The summed E-state index contributed by atoms with van der Waals surface area (Å²) in [6, 6.07) is 0. The SMILES string of the molecule is CSC(C)CCn1c(C(C)(C)C)c[nH]c1=S. The van der Waals surface area contributed by atoms with Gasteiger partial charge >= 0.3 is 0 Å². The van der Waals surface area contributed by atoms with E-state index in [0.717, 1.165) is 17.7 Å². The summed E-state index contributed by atoms with van der Waals surface area (Å²) in [6.45, 7) is 9.94. The summed E-state index contributed by atoms with van der Waals surface area (Å²) in [5.74, 6) is 0. The highest BCUT2D eigenvalue weighted by Crippen LogP contribution is 2.23. The van der Waals surface area contributed by atoms with E-state index in [4.69, 9.17) is 12.2 Å². The van der Waals surface area contributed by atoms with Crippen LogP contribution in [0.5, 0.6) is 0 Å². The average Bonchev–Trinajstić information content (AvgIpc) is 2.55. The number of thioether (sulfide) groups is 1. The number of aromatic amines is 1. The van der Waals surface area contributed by atoms with Crippen LogP contribution in [0.2, 0.25) is 0 Å². The maximum Gasteiger partial charge on any atom is 0.177 e. The zero-order valence-corrected chi connectivity index (χ0v) is 12.5. The summed E-state index contributed by atoms with van der Waals surface area (Å²) in [7, 11) is 0. The Balaban J connectivity index is 2.87. The summed E-state index contributed by atoms with van der Waals surface area (Å²) >= 11 is 7.24. The molecule has 0 aromatic carbocycles. The minimum atomic E-state index is 0.149. The molecule has 1 aromatic rings. The average molecular weight is 258 g/mol. The van der Waals surface area contributed by atoms with Crippen LogP contribution in [0.3, 0.4) is 0 Å². The number of nitrogens with zero attached hydrogens (tertiary/aromatic N) is 1. The number of imidazole rings is 1. The first kappa shape index (κ1) is 13.8. The Hall–Kier alpha value is -0.220. The van der Waals surface area contributed by atoms with Gasteiger partial charge in [-0.15, -0.1) is 0 Å². The number of hydrogen-bond acceptors (Lipinski definition) is 2. The van der Waals surface area contributed by atoms with E-state index in [2.05, 4.69) is 43.5 Å². The van der Waals surface area contributed by atoms with Crippen molar-refractivity contribution in [2.24, 2.45) is 0 Å². The molecule has 0 aliphatic heterocycles. The second-order valence-corrected chi connectivity index (χ2v) is 6.88. The Bertz CT molecular complexity index is 384. The molecule has 4 heteroatoms. The topological polar surface area (TPSA) is 20.7 Å². The van der Waals surface area contributed by atoms with E-state index in [1.165, 1.54) is 5.69 Å². The number of aromatic nitrogens is 2. The molecule has 0 bridgehead atoms. The predicted octanol–water partition coefficient (Wildman–Crippen LogP) is 3.98. The van der Waals surface area contributed by atoms with E-state index in [0.29, 0.717) is 5.25 Å². The molecular weight excluding hydrogens is 236 g/mol. The summed E-state index contributed by atoms with van der Waals surface area (Å²) in [5, 5.41) is 0.685. The Morgan fingerprint density at radius 3 is 2.62 bits per heavy atom. The highest BCUT2D eigenvalue weighted by molar-refractivity contribution is 7.99. The van der Waals surface area contributed by atoms with Gasteiger partial charge in [0.1, 0.15) is 0 Å². The number of rotatable bonds is 4. The zero-order valence-electron chi connectivity index (χ0n) is 10.8. The maximum atomic E-state index is 5.33. The highest BCUT2D eigenvalue weighted by Gasteiger charge is 2.19. The van der Waals surface area contributed by atoms with Crippen LogP contribution in [0.1, 0.15) is 39.8 Å². The van der Waals surface area contributed by atoms with Gasteiger partial charge < -0.3 is 9.55 Å². The molecule has 0 saturated heterocycles. The lowest BCUT2D eigenvalue weighted by molar-refractivity contribution is 0.504. The molecule has 0 fully saturated rings. The smallest absolute Gasteiger partial charge is 0.177 e. The van der Waals surface area contributed by atoms with Gasteiger partial charge in [-0.25, -0.2) is 0 Å². The van der Waals surface area contributed by atoms with Gasteiger partial charge in [0, 0.05) is 29.1 Å². The molecule has 1 unspecified atom stereocenters. The van der Waals surface area contributed by atoms with Crippen molar-refractivity contribution in [3.05, 3.63) is 16.7 Å². The summed E-state index contributed by atoms with van der Waals surface area (Å²) < 4.78 is 3.08. The molecule has 1 N–H and O–H groups in total. The highest BCUT2D eigenvalue weighted by atomic mass is 32.2. The molecular formula is C12H22N2S2. The minimum Gasteiger partial charge on any atom is -0.337 e. The van der Waals surface area contributed by atoms with Crippen molar-refractivity contribution < 1.29 is 0 Å². The van der Waals surface area contributed by atoms with E-state index in [1.807, 2.05) is 18.0 Å². The third-order valence-corrected chi connectivity index (χ3v) is 4.18. The molecule has 0 spiro atoms. The van der Waals surface area contributed by atoms with E-state index in [1.54, 1.807) is 0 Å². The van der Waals surface area contributed by atoms with Crippen molar-refractivity contribution in [2.45, 2.75) is 51.3 Å². The van der Waals surface area contributed by atoms with E-state index in [-0.39, 0.29) is 5.41 Å². The molecule has 16 heavy (non-hydrogen) atoms. The molecule has 1 atom stereocenters. The van der Waals surface area contributed by atoms with Crippen LogP contribution >= 0.6 is 24.0 Å². The van der Waals surface area contributed by atoms with Crippen LogP contribution in [-0.4, -0.2) is 21.1 Å². The molecule has 0 aliphatic rings. The lowest BCUT2D eigenvalue weighted by atomic mass is 9.92. The van der Waals surface area contributed by atoms with Crippen LogP contribution in [-0.2, 0) is 12.0 Å². The first-order chi connectivity index (χ1) is 7.36. The molecule has 2 nitrogen and oxygen atoms in total. The maximum absolute atomic E-state index is 5.33. The quantitative estimate of drug-likeness (QED) is 0.824. The molecule has 1 rings (SSSR count). The first-order valence-electron chi connectivity index (χ1n) is 5.67. The van der Waals surface area contributed by atoms with E-state index < -0.39 is 0 Å². The van der Waals surface area contributed by atoms with Crippen LogP contribution in [0.15, 0.2) is 6.20 Å². The van der Waals surface area contributed by atoms with Crippen LogP contribution < -0.4 is 0 Å². The molecule has 0 aliphatic carbocycles. The normalized spacial score (nSPS) is 14.1. The standard InChI is InChI=1S/C12H22N2S2/c1-9(16-5)6-7-14-10(12(2,3)4)8-13-11(14)15/h8-9H,6-7H2,1-5H3,(H,13,15). The van der Waals surface area contributed by atoms with Crippen molar-refractivity contribution >= 4 is 24.0 Å². The van der Waals surface area contributed by atoms with Crippen molar-refractivity contribution in [2.75, 3.05) is 6.26 Å². The van der Waals surface area contributed by atoms with Gasteiger partial charge in [0.2, 0.25) is 0 Å². The van der Waals surface area contributed by atoms with Crippen LogP contribution in [0.4, 0.5) is 0 Å². The number of H-pyrrole nitrogens is 1. The van der Waals surface area contributed by atoms with Crippen molar-refractivity contribution in [3.8, 4) is 0 Å². The predicted molar refractivity (Wildman–Crippen MR) is 75.9 cm³/mol. The Kier molecular flexibility index (Phi) is 4.68. The van der Waals surface area contributed by atoms with Crippen LogP contribution in [0.25, 0.3) is 0 Å². The van der Waals surface area contributed by atoms with Crippen LogP contribution in [0, 0.1) is 4.77 Å². The summed E-state index contributed by atoms with van der Waals surface area (Å²) in [4.78, 5) is 3.16. The lowest BCUT2D eigenvalue weighted by Gasteiger charge is -2.21. The lowest BCUT2D eigenvalue weighted by Crippen LogP contribution is -2.18. The molecule has 0 saturated carbocycles. The van der Waals surface area contributed by atoms with Gasteiger partial charge in [0.15, 0.2) is 4.77 Å².